The van der Waals surface area contributed by atoms with Crippen molar-refractivity contribution in [3.8, 4) is 0 Å². The highest BCUT2D eigenvalue weighted by Gasteiger charge is 1.96. The fraction of sp³-hybridized carbons (Fsp3) is 0. The molecule has 3 N–H and O–H groups in total. The van der Waals surface area contributed by atoms with E-state index in [1.54, 1.807) is 0 Å². The molecular formula is C10H11N3S. The van der Waals surface area contributed by atoms with Crippen molar-refractivity contribution in [1.29, 1.82) is 0 Å². The van der Waals surface area contributed by atoms with Crippen molar-refractivity contribution < 1.29 is 0 Å². The summed E-state index contributed by atoms with van der Waals surface area (Å²) in [6.07, 6.45) is 3.95. The van der Waals surface area contributed by atoms with Crippen molar-refractivity contribution in [2.45, 2.75) is 0 Å². The lowest BCUT2D eigenvalue weighted by Crippen LogP contribution is -2.27. The van der Waals surface area contributed by atoms with Gasteiger partial charge in [0.15, 0.2) is 0 Å². The predicted molar refractivity (Wildman–Crippen MR) is 61.2 cm³/mol. The van der Waals surface area contributed by atoms with Gasteiger partial charge in [-0.2, -0.15) is 0 Å². The van der Waals surface area contributed by atoms with Gasteiger partial charge in [-0.1, -0.05) is 24.3 Å². The van der Waals surface area contributed by atoms with Gasteiger partial charge in [-0.05, 0) is 35.6 Å². The molecule has 4 heteroatoms. The number of benzene rings is 1. The lowest BCUT2D eigenvalue weighted by molar-refractivity contribution is 0.905. The third-order valence-corrected chi connectivity index (χ3v) is 2.32. The van der Waals surface area contributed by atoms with Crippen LogP contribution in [0.25, 0.3) is 0 Å². The molecule has 14 heavy (non-hydrogen) atoms. The number of hydrogen-bond donors (Lipinski definition) is 3. The minimum atomic E-state index is 0.946. The topological polar surface area (TPSA) is 36.1 Å². The van der Waals surface area contributed by atoms with Gasteiger partial charge in [0.2, 0.25) is 0 Å². The number of anilines is 1. The van der Waals surface area contributed by atoms with Crippen LogP contribution in [0.3, 0.4) is 0 Å². The zero-order chi connectivity index (χ0) is 9.64. The van der Waals surface area contributed by atoms with Gasteiger partial charge >= 0.3 is 0 Å². The van der Waals surface area contributed by atoms with E-state index in [-0.39, 0.29) is 0 Å². The van der Waals surface area contributed by atoms with E-state index in [4.69, 9.17) is 0 Å². The summed E-state index contributed by atoms with van der Waals surface area (Å²) in [5.74, 6) is 0.946. The minimum Gasteiger partial charge on any atom is -0.311 e. The molecule has 0 unspecified atom stereocenters. The summed E-state index contributed by atoms with van der Waals surface area (Å²) in [6, 6.07) is 9.96. The molecule has 72 valence electrons. The fourth-order valence-corrected chi connectivity index (χ4v) is 1.51. The zero-order valence-electron chi connectivity index (χ0n) is 7.53. The van der Waals surface area contributed by atoms with Gasteiger partial charge in [-0.15, -0.1) is 0 Å². The van der Waals surface area contributed by atoms with Crippen molar-refractivity contribution in [3.63, 3.8) is 0 Å². The van der Waals surface area contributed by atoms with Crippen LogP contribution in [0.15, 0.2) is 53.7 Å². The maximum atomic E-state index is 3.11. The van der Waals surface area contributed by atoms with E-state index in [0.717, 1.165) is 11.5 Å². The summed E-state index contributed by atoms with van der Waals surface area (Å²) in [4.78, 5) is 0. The number of hydrazine groups is 1. The van der Waals surface area contributed by atoms with Crippen LogP contribution >= 0.6 is 11.9 Å². The van der Waals surface area contributed by atoms with Crippen molar-refractivity contribution in [3.05, 3.63) is 53.7 Å². The van der Waals surface area contributed by atoms with E-state index >= 15 is 0 Å². The molecule has 0 bridgehead atoms. The molecule has 1 aromatic carbocycles. The molecule has 3 nitrogen and oxygen atoms in total. The third kappa shape index (κ3) is 2.47. The molecule has 0 saturated carbocycles. The van der Waals surface area contributed by atoms with Crippen LogP contribution in [0.5, 0.6) is 0 Å². The standard InChI is InChI=1S/C10H11N3S/c1-2-5-9(6-3-1)11-12-10-7-4-8-14-13-10/h1-8,11-13H. The number of allylic oxidation sites excluding steroid dienone is 2. The largest absolute Gasteiger partial charge is 0.311 e. The summed E-state index contributed by atoms with van der Waals surface area (Å²) in [7, 11) is 0. The molecule has 1 aromatic rings. The van der Waals surface area contributed by atoms with Gasteiger partial charge in [0.25, 0.3) is 0 Å². The molecule has 0 spiro atoms. The molecular weight excluding hydrogens is 194 g/mol. The maximum absolute atomic E-state index is 3.11. The Morgan fingerprint density at radius 3 is 2.64 bits per heavy atom. The highest BCUT2D eigenvalue weighted by Crippen LogP contribution is 2.07. The minimum absolute atomic E-state index is 0.946. The van der Waals surface area contributed by atoms with Crippen molar-refractivity contribution in [2.24, 2.45) is 0 Å². The Morgan fingerprint density at radius 2 is 1.93 bits per heavy atom. The summed E-state index contributed by atoms with van der Waals surface area (Å²) >= 11 is 1.54. The zero-order valence-corrected chi connectivity index (χ0v) is 8.34. The van der Waals surface area contributed by atoms with E-state index in [0.29, 0.717) is 0 Å². The molecule has 1 heterocycles. The Morgan fingerprint density at radius 1 is 1.07 bits per heavy atom. The Balaban J connectivity index is 1.88. The quantitative estimate of drug-likeness (QED) is 0.522. The van der Waals surface area contributed by atoms with Crippen LogP contribution in [0.4, 0.5) is 5.69 Å². The normalized spacial score (nSPS) is 14.1. The molecule has 0 aliphatic carbocycles. The van der Waals surface area contributed by atoms with Crippen LogP contribution in [0.1, 0.15) is 0 Å². The smallest absolute Gasteiger partial charge is 0.128 e. The van der Waals surface area contributed by atoms with E-state index in [9.17, 15) is 0 Å². The molecule has 0 radical (unpaired) electrons. The van der Waals surface area contributed by atoms with Crippen LogP contribution in [-0.4, -0.2) is 0 Å². The summed E-state index contributed by atoms with van der Waals surface area (Å²) < 4.78 is 3.11. The first-order valence-electron chi connectivity index (χ1n) is 4.31. The molecule has 0 aromatic heterocycles. The molecule has 0 amide bonds. The first-order chi connectivity index (χ1) is 6.95. The monoisotopic (exact) mass is 205 g/mol. The Bertz CT molecular complexity index is 346. The van der Waals surface area contributed by atoms with Crippen molar-refractivity contribution in [2.75, 3.05) is 5.43 Å². The summed E-state index contributed by atoms with van der Waals surface area (Å²) in [6.45, 7) is 0. The Kier molecular flexibility index (Phi) is 2.98. The van der Waals surface area contributed by atoms with Gasteiger partial charge in [0.1, 0.15) is 5.82 Å². The van der Waals surface area contributed by atoms with Gasteiger partial charge < -0.3 is 4.72 Å². The first kappa shape index (κ1) is 9.02. The summed E-state index contributed by atoms with van der Waals surface area (Å²) in [5, 5.41) is 1.98. The molecule has 0 atom stereocenters. The van der Waals surface area contributed by atoms with Gasteiger partial charge in [-0.3, -0.25) is 10.9 Å². The lowest BCUT2D eigenvalue weighted by atomic mass is 10.3. The molecule has 0 fully saturated rings. The fourth-order valence-electron chi connectivity index (χ4n) is 1.03. The predicted octanol–water partition coefficient (Wildman–Crippen LogP) is 2.21. The highest BCUT2D eigenvalue weighted by atomic mass is 32.2. The Hall–Kier alpha value is -1.55. The molecule has 2 rings (SSSR count). The van der Waals surface area contributed by atoms with Crippen molar-refractivity contribution >= 4 is 17.6 Å². The average Bonchev–Trinajstić information content (AvgIpc) is 2.29. The average molecular weight is 205 g/mol. The van der Waals surface area contributed by atoms with E-state index in [1.165, 1.54) is 11.9 Å². The second kappa shape index (κ2) is 4.62. The van der Waals surface area contributed by atoms with Gasteiger partial charge in [0.05, 0.1) is 5.69 Å². The maximum Gasteiger partial charge on any atom is 0.128 e. The van der Waals surface area contributed by atoms with E-state index in [2.05, 4.69) is 15.6 Å². The summed E-state index contributed by atoms with van der Waals surface area (Å²) in [5.41, 5.74) is 7.19. The van der Waals surface area contributed by atoms with E-state index in [1.807, 2.05) is 47.9 Å². The number of nitrogens with one attached hydrogen (secondary N) is 3. The van der Waals surface area contributed by atoms with Gasteiger partial charge in [0, 0.05) is 0 Å². The third-order valence-electron chi connectivity index (χ3n) is 1.69. The van der Waals surface area contributed by atoms with Crippen LogP contribution in [0.2, 0.25) is 0 Å². The number of para-hydroxylation sites is 1. The second-order valence-corrected chi connectivity index (χ2v) is 3.46. The number of rotatable bonds is 3. The first-order valence-corrected chi connectivity index (χ1v) is 5.19. The van der Waals surface area contributed by atoms with Crippen molar-refractivity contribution in [1.82, 2.24) is 10.1 Å². The number of hydrogen-bond acceptors (Lipinski definition) is 4. The van der Waals surface area contributed by atoms with Crippen LogP contribution in [0, 0.1) is 0 Å². The molecule has 1 aliphatic heterocycles. The van der Waals surface area contributed by atoms with Crippen LogP contribution in [-0.2, 0) is 0 Å². The second-order valence-electron chi connectivity index (χ2n) is 2.74. The lowest BCUT2D eigenvalue weighted by Gasteiger charge is -2.14. The highest BCUT2D eigenvalue weighted by molar-refractivity contribution is 8.00. The Labute approximate surface area is 87.4 Å². The van der Waals surface area contributed by atoms with Crippen LogP contribution < -0.4 is 15.6 Å². The molecule has 0 saturated heterocycles. The molecule has 1 aliphatic rings. The van der Waals surface area contributed by atoms with Gasteiger partial charge in [-0.25, -0.2) is 0 Å². The SMILES string of the molecule is C1=CSNC(NNc2ccccc2)=C1. The van der Waals surface area contributed by atoms with E-state index < -0.39 is 0 Å².